The van der Waals surface area contributed by atoms with Crippen LogP contribution in [0.25, 0.3) is 0 Å². The first-order valence-corrected chi connectivity index (χ1v) is 4.84. The van der Waals surface area contributed by atoms with Gasteiger partial charge in [0.1, 0.15) is 0 Å². The normalized spacial score (nSPS) is 12.4. The number of hydrogen-bond donors (Lipinski definition) is 2. The number of phenolic OH excluding ortho intramolecular Hbond substituents is 1. The highest BCUT2D eigenvalue weighted by molar-refractivity contribution is 5.45. The molecule has 1 atom stereocenters. The summed E-state index contributed by atoms with van der Waals surface area (Å²) in [5, 5.41) is 20.0. The van der Waals surface area contributed by atoms with Crippen molar-refractivity contribution in [2.45, 2.75) is 19.3 Å². The number of phenols is 1. The van der Waals surface area contributed by atoms with E-state index >= 15 is 0 Å². The van der Waals surface area contributed by atoms with Crippen LogP contribution < -0.4 is 5.73 Å². The second kappa shape index (κ2) is 4.89. The van der Waals surface area contributed by atoms with Gasteiger partial charge in [-0.2, -0.15) is 0 Å². The lowest BCUT2D eigenvalue weighted by Gasteiger charge is -2.12. The van der Waals surface area contributed by atoms with E-state index in [1.54, 1.807) is 6.92 Å². The van der Waals surface area contributed by atoms with Crippen LogP contribution in [0.15, 0.2) is 12.1 Å². The van der Waals surface area contributed by atoms with Crippen molar-refractivity contribution in [2.24, 2.45) is 5.73 Å². The predicted octanol–water partition coefficient (Wildman–Crippen LogP) is 1.89. The Morgan fingerprint density at radius 1 is 1.62 bits per heavy atom. The second-order valence-corrected chi connectivity index (χ2v) is 3.60. The fraction of sp³-hybridized carbons (Fsp3) is 0.400. The van der Waals surface area contributed by atoms with Gasteiger partial charge >= 0.3 is 0 Å². The van der Waals surface area contributed by atoms with Gasteiger partial charge in [0, 0.05) is 11.6 Å². The number of rotatable bonds is 4. The van der Waals surface area contributed by atoms with Gasteiger partial charge in [0.15, 0.2) is 11.6 Å². The van der Waals surface area contributed by atoms with Gasteiger partial charge in [-0.3, -0.25) is 10.1 Å². The molecule has 0 aliphatic rings. The first-order chi connectivity index (χ1) is 7.47. The number of nitro benzene ring substituents is 1. The number of hydrogen-bond acceptors (Lipinski definition) is 4. The van der Waals surface area contributed by atoms with Gasteiger partial charge in [-0.05, 0) is 18.9 Å². The van der Waals surface area contributed by atoms with Crippen molar-refractivity contribution in [1.82, 2.24) is 0 Å². The highest BCUT2D eigenvalue weighted by Gasteiger charge is 2.19. The van der Waals surface area contributed by atoms with Gasteiger partial charge in [0.05, 0.1) is 11.0 Å². The summed E-state index contributed by atoms with van der Waals surface area (Å²) in [5.74, 6) is -1.74. The zero-order valence-electron chi connectivity index (χ0n) is 8.81. The van der Waals surface area contributed by atoms with E-state index in [1.165, 1.54) is 6.07 Å². The Kier molecular flexibility index (Phi) is 3.78. The molecule has 0 saturated heterocycles. The monoisotopic (exact) mass is 228 g/mol. The number of benzene rings is 1. The molecule has 1 aromatic rings. The van der Waals surface area contributed by atoms with Crippen molar-refractivity contribution in [1.29, 1.82) is 0 Å². The quantitative estimate of drug-likeness (QED) is 0.608. The maximum atomic E-state index is 13.2. The highest BCUT2D eigenvalue weighted by atomic mass is 19.1. The fourth-order valence-electron chi connectivity index (χ4n) is 1.49. The summed E-state index contributed by atoms with van der Waals surface area (Å²) in [6.45, 7) is 2.09. The minimum absolute atomic E-state index is 0.220. The van der Waals surface area contributed by atoms with Crippen LogP contribution in [0, 0.1) is 15.9 Å². The van der Waals surface area contributed by atoms with Gasteiger partial charge in [-0.25, -0.2) is 4.39 Å². The Hall–Kier alpha value is -1.69. The number of nitro groups is 1. The van der Waals surface area contributed by atoms with Crippen LogP contribution >= 0.6 is 0 Å². The van der Waals surface area contributed by atoms with E-state index in [4.69, 9.17) is 5.73 Å². The molecule has 0 spiro atoms. The van der Waals surface area contributed by atoms with Gasteiger partial charge in [0.2, 0.25) is 0 Å². The topological polar surface area (TPSA) is 89.4 Å². The van der Waals surface area contributed by atoms with Crippen LogP contribution in [-0.2, 0) is 0 Å². The third-order valence-electron chi connectivity index (χ3n) is 2.42. The Morgan fingerprint density at radius 2 is 2.25 bits per heavy atom. The Balaban J connectivity index is 3.21. The molecule has 5 nitrogen and oxygen atoms in total. The van der Waals surface area contributed by atoms with Crippen LogP contribution in [0.3, 0.4) is 0 Å². The summed E-state index contributed by atoms with van der Waals surface area (Å²) in [6, 6.07) is 1.88. The van der Waals surface area contributed by atoms with Crippen molar-refractivity contribution in [3.63, 3.8) is 0 Å². The average Bonchev–Trinajstić information content (AvgIpc) is 2.21. The second-order valence-electron chi connectivity index (χ2n) is 3.60. The lowest BCUT2D eigenvalue weighted by atomic mass is 9.96. The molecule has 0 amide bonds. The third-order valence-corrected chi connectivity index (χ3v) is 2.42. The largest absolute Gasteiger partial charge is 0.505 e. The Bertz CT molecular complexity index is 409. The summed E-state index contributed by atoms with van der Waals surface area (Å²) < 4.78 is 13.2. The summed E-state index contributed by atoms with van der Waals surface area (Å²) in [6.07, 6.45) is 0.522. The molecule has 0 radical (unpaired) electrons. The van der Waals surface area contributed by atoms with Crippen LogP contribution in [0.1, 0.15) is 24.8 Å². The minimum Gasteiger partial charge on any atom is -0.505 e. The van der Waals surface area contributed by atoms with E-state index in [-0.39, 0.29) is 17.2 Å². The molecule has 1 aromatic carbocycles. The molecule has 88 valence electrons. The number of non-ortho nitro benzene ring substituents is 1. The van der Waals surface area contributed by atoms with Gasteiger partial charge in [0.25, 0.3) is 5.69 Å². The van der Waals surface area contributed by atoms with Crippen molar-refractivity contribution in [3.8, 4) is 5.75 Å². The van der Waals surface area contributed by atoms with Crippen molar-refractivity contribution >= 4 is 5.69 Å². The van der Waals surface area contributed by atoms with Crippen molar-refractivity contribution < 1.29 is 14.4 Å². The molecule has 0 fully saturated rings. The lowest BCUT2D eigenvalue weighted by Crippen LogP contribution is -2.05. The first kappa shape index (κ1) is 12.4. The lowest BCUT2D eigenvalue weighted by molar-refractivity contribution is -0.385. The van der Waals surface area contributed by atoms with Gasteiger partial charge in [-0.1, -0.05) is 6.92 Å². The Morgan fingerprint density at radius 3 is 2.75 bits per heavy atom. The summed E-state index contributed by atoms with van der Waals surface area (Å²) >= 11 is 0. The average molecular weight is 228 g/mol. The van der Waals surface area contributed by atoms with E-state index in [1.807, 2.05) is 0 Å². The molecule has 1 unspecified atom stereocenters. The molecule has 1 rings (SSSR count). The molecule has 0 aromatic heterocycles. The molecule has 0 aliphatic heterocycles. The van der Waals surface area contributed by atoms with Crippen LogP contribution in [0.2, 0.25) is 0 Å². The first-order valence-electron chi connectivity index (χ1n) is 4.84. The van der Waals surface area contributed by atoms with E-state index in [9.17, 15) is 19.6 Å². The summed E-state index contributed by atoms with van der Waals surface area (Å²) in [5.41, 5.74) is 5.20. The molecular formula is C10H13FN2O3. The molecule has 0 aliphatic carbocycles. The van der Waals surface area contributed by atoms with E-state index in [0.29, 0.717) is 19.0 Å². The van der Waals surface area contributed by atoms with Gasteiger partial charge < -0.3 is 10.8 Å². The zero-order valence-corrected chi connectivity index (χ0v) is 8.81. The number of nitrogens with two attached hydrogens (primary N) is 1. The molecule has 3 N–H and O–H groups in total. The van der Waals surface area contributed by atoms with E-state index in [0.717, 1.165) is 0 Å². The summed E-state index contributed by atoms with van der Waals surface area (Å²) in [4.78, 5) is 9.84. The fourth-order valence-corrected chi connectivity index (χ4v) is 1.49. The summed E-state index contributed by atoms with van der Waals surface area (Å²) in [7, 11) is 0. The van der Waals surface area contributed by atoms with Crippen LogP contribution in [-0.4, -0.2) is 16.6 Å². The zero-order chi connectivity index (χ0) is 12.3. The molecular weight excluding hydrogens is 215 g/mol. The van der Waals surface area contributed by atoms with Crippen LogP contribution in [0.5, 0.6) is 5.75 Å². The minimum atomic E-state index is -0.979. The van der Waals surface area contributed by atoms with Crippen molar-refractivity contribution in [3.05, 3.63) is 33.6 Å². The van der Waals surface area contributed by atoms with Gasteiger partial charge in [-0.15, -0.1) is 0 Å². The molecule has 16 heavy (non-hydrogen) atoms. The highest BCUT2D eigenvalue weighted by Crippen LogP contribution is 2.33. The number of nitrogens with zero attached hydrogens (tertiary/aromatic N) is 1. The van der Waals surface area contributed by atoms with Crippen LogP contribution in [0.4, 0.5) is 10.1 Å². The predicted molar refractivity (Wildman–Crippen MR) is 56.8 cm³/mol. The number of aromatic hydroxyl groups is 1. The maximum Gasteiger partial charge on any atom is 0.272 e. The maximum absolute atomic E-state index is 13.2. The van der Waals surface area contributed by atoms with E-state index in [2.05, 4.69) is 0 Å². The molecule has 0 heterocycles. The standard InChI is InChI=1S/C10H13FN2O3/c1-6(2-3-12)8-4-7(13(15)16)5-9(11)10(8)14/h4-6,14H,2-3,12H2,1H3. The third kappa shape index (κ3) is 2.46. The SMILES string of the molecule is CC(CCN)c1cc([N+](=O)[O-])cc(F)c1O. The molecule has 6 heteroatoms. The Labute approximate surface area is 91.8 Å². The van der Waals surface area contributed by atoms with Crippen molar-refractivity contribution in [2.75, 3.05) is 6.54 Å². The molecule has 0 bridgehead atoms. The molecule has 0 saturated carbocycles. The number of halogens is 1. The van der Waals surface area contributed by atoms with E-state index < -0.39 is 16.5 Å². The smallest absolute Gasteiger partial charge is 0.272 e.